The number of nitrogens with zero attached hydrogens (tertiary/aromatic N) is 1. The molecule has 0 aliphatic carbocycles. The van der Waals surface area contributed by atoms with Gasteiger partial charge in [-0.2, -0.15) is 0 Å². The number of nitrogens with one attached hydrogen (secondary N) is 1. The number of urea groups is 1. The number of hydrogen-bond donors (Lipinski definition) is 2. The fourth-order valence-corrected chi connectivity index (χ4v) is 2.27. The van der Waals surface area contributed by atoms with Crippen LogP contribution in [0.5, 0.6) is 0 Å². The molecule has 0 aromatic heterocycles. The monoisotopic (exact) mass is 256 g/mol. The van der Waals surface area contributed by atoms with Gasteiger partial charge >= 0.3 is 12.0 Å². The minimum atomic E-state index is -0.778. The summed E-state index contributed by atoms with van der Waals surface area (Å²) in [7, 11) is 0. The number of rotatable bonds is 5. The number of carbonyl (C=O) groups is 2. The third kappa shape index (κ3) is 4.94. The van der Waals surface area contributed by atoms with Crippen LogP contribution < -0.4 is 5.32 Å². The number of amides is 2. The van der Waals surface area contributed by atoms with Gasteiger partial charge in [-0.15, -0.1) is 0 Å². The summed E-state index contributed by atoms with van der Waals surface area (Å²) in [5.41, 5.74) is 0. The molecular formula is C13H24N2O3. The summed E-state index contributed by atoms with van der Waals surface area (Å²) >= 11 is 0. The Labute approximate surface area is 109 Å². The number of hydrogen-bond acceptors (Lipinski definition) is 2. The lowest BCUT2D eigenvalue weighted by molar-refractivity contribution is -0.137. The molecule has 1 heterocycles. The van der Waals surface area contributed by atoms with Crippen LogP contribution in [-0.2, 0) is 4.79 Å². The average Bonchev–Trinajstić information content (AvgIpc) is 2.31. The quantitative estimate of drug-likeness (QED) is 0.740. The number of carboxylic acids is 1. The van der Waals surface area contributed by atoms with Crippen LogP contribution in [0.4, 0.5) is 4.79 Å². The summed E-state index contributed by atoms with van der Waals surface area (Å²) in [4.78, 5) is 24.2. The van der Waals surface area contributed by atoms with Crippen molar-refractivity contribution < 1.29 is 14.7 Å². The van der Waals surface area contributed by atoms with Gasteiger partial charge in [0.15, 0.2) is 0 Å². The summed E-state index contributed by atoms with van der Waals surface area (Å²) in [6.07, 6.45) is 3.75. The third-order valence-corrected chi connectivity index (χ3v) is 3.47. The first-order valence-corrected chi connectivity index (χ1v) is 6.77. The van der Waals surface area contributed by atoms with Crippen molar-refractivity contribution >= 4 is 12.0 Å². The lowest BCUT2D eigenvalue weighted by atomic mass is 9.95. The maximum Gasteiger partial charge on any atom is 0.317 e. The SMILES string of the molecule is CC1CCC(C)N(C(=O)NCCCCC(=O)O)C1. The summed E-state index contributed by atoms with van der Waals surface area (Å²) in [6, 6.07) is 0.296. The Kier molecular flexibility index (Phi) is 5.95. The molecule has 1 rings (SSSR count). The molecule has 1 saturated heterocycles. The lowest BCUT2D eigenvalue weighted by Gasteiger charge is -2.36. The Bertz CT molecular complexity index is 294. The van der Waals surface area contributed by atoms with Crippen molar-refractivity contribution in [3.63, 3.8) is 0 Å². The Morgan fingerprint density at radius 1 is 1.28 bits per heavy atom. The zero-order valence-electron chi connectivity index (χ0n) is 11.3. The molecule has 5 heteroatoms. The van der Waals surface area contributed by atoms with E-state index < -0.39 is 5.97 Å². The Balaban J connectivity index is 2.21. The van der Waals surface area contributed by atoms with E-state index in [1.807, 2.05) is 4.90 Å². The van der Waals surface area contributed by atoms with E-state index >= 15 is 0 Å². The smallest absolute Gasteiger partial charge is 0.317 e. The first-order valence-electron chi connectivity index (χ1n) is 6.77. The van der Waals surface area contributed by atoms with Crippen LogP contribution in [0.1, 0.15) is 46.0 Å². The zero-order valence-corrected chi connectivity index (χ0v) is 11.3. The first kappa shape index (κ1) is 14.8. The second-order valence-corrected chi connectivity index (χ2v) is 5.27. The summed E-state index contributed by atoms with van der Waals surface area (Å²) in [5, 5.41) is 11.4. The molecule has 5 nitrogen and oxygen atoms in total. The largest absolute Gasteiger partial charge is 0.481 e. The number of carbonyl (C=O) groups excluding carboxylic acids is 1. The van der Waals surface area contributed by atoms with Gasteiger partial charge in [0.1, 0.15) is 0 Å². The molecular weight excluding hydrogens is 232 g/mol. The second-order valence-electron chi connectivity index (χ2n) is 5.27. The van der Waals surface area contributed by atoms with Crippen molar-refractivity contribution in [1.82, 2.24) is 10.2 Å². The van der Waals surface area contributed by atoms with Gasteiger partial charge in [0.05, 0.1) is 0 Å². The highest BCUT2D eigenvalue weighted by Gasteiger charge is 2.26. The van der Waals surface area contributed by atoms with Crippen LogP contribution in [0.2, 0.25) is 0 Å². The zero-order chi connectivity index (χ0) is 13.5. The molecule has 0 saturated carbocycles. The minimum Gasteiger partial charge on any atom is -0.481 e. The molecule has 2 amide bonds. The van der Waals surface area contributed by atoms with Gasteiger partial charge in [0.25, 0.3) is 0 Å². The van der Waals surface area contributed by atoms with Crippen LogP contribution >= 0.6 is 0 Å². The van der Waals surface area contributed by atoms with Gasteiger partial charge in [0.2, 0.25) is 0 Å². The summed E-state index contributed by atoms with van der Waals surface area (Å²) in [5.74, 6) is -0.209. The molecule has 1 aliphatic rings. The van der Waals surface area contributed by atoms with E-state index in [1.54, 1.807) is 0 Å². The van der Waals surface area contributed by atoms with E-state index in [1.165, 1.54) is 6.42 Å². The highest BCUT2D eigenvalue weighted by molar-refractivity contribution is 5.74. The van der Waals surface area contributed by atoms with E-state index in [9.17, 15) is 9.59 Å². The van der Waals surface area contributed by atoms with Crippen LogP contribution in [0, 0.1) is 5.92 Å². The third-order valence-electron chi connectivity index (χ3n) is 3.47. The molecule has 2 unspecified atom stereocenters. The van der Waals surface area contributed by atoms with E-state index in [0.29, 0.717) is 24.9 Å². The van der Waals surface area contributed by atoms with Crippen molar-refractivity contribution in [2.75, 3.05) is 13.1 Å². The topological polar surface area (TPSA) is 69.6 Å². The van der Waals surface area contributed by atoms with Crippen molar-refractivity contribution in [2.24, 2.45) is 5.92 Å². The maximum absolute atomic E-state index is 11.9. The number of unbranched alkanes of at least 4 members (excludes halogenated alkanes) is 1. The number of piperidine rings is 1. The fourth-order valence-electron chi connectivity index (χ4n) is 2.27. The Morgan fingerprint density at radius 2 is 2.00 bits per heavy atom. The Hall–Kier alpha value is -1.26. The molecule has 0 aromatic rings. The van der Waals surface area contributed by atoms with Gasteiger partial charge < -0.3 is 15.3 Å². The molecule has 2 N–H and O–H groups in total. The van der Waals surface area contributed by atoms with E-state index in [2.05, 4.69) is 19.2 Å². The molecule has 0 radical (unpaired) electrons. The van der Waals surface area contributed by atoms with Gasteiger partial charge in [0, 0.05) is 25.6 Å². The molecule has 0 aromatic carbocycles. The molecule has 2 atom stereocenters. The number of likely N-dealkylation sites (tertiary alicyclic amines) is 1. The van der Waals surface area contributed by atoms with E-state index in [0.717, 1.165) is 19.4 Å². The van der Waals surface area contributed by atoms with Gasteiger partial charge in [-0.05, 0) is 38.5 Å². The molecule has 1 fully saturated rings. The standard InChI is InChI=1S/C13H24N2O3/c1-10-6-7-11(2)15(9-10)13(18)14-8-4-3-5-12(16)17/h10-11H,3-9H2,1-2H3,(H,14,18)(H,16,17). The summed E-state index contributed by atoms with van der Waals surface area (Å²) in [6.45, 7) is 5.63. The van der Waals surface area contributed by atoms with Crippen LogP contribution in [0.25, 0.3) is 0 Å². The highest BCUT2D eigenvalue weighted by Crippen LogP contribution is 2.21. The number of carboxylic acid groups (broad SMARTS) is 1. The van der Waals surface area contributed by atoms with Crippen LogP contribution in [0.3, 0.4) is 0 Å². The fraction of sp³-hybridized carbons (Fsp3) is 0.846. The lowest BCUT2D eigenvalue weighted by Crippen LogP contribution is -2.49. The van der Waals surface area contributed by atoms with Crippen molar-refractivity contribution in [2.45, 2.75) is 52.0 Å². The van der Waals surface area contributed by atoms with Gasteiger partial charge in [-0.25, -0.2) is 4.79 Å². The van der Waals surface area contributed by atoms with Crippen molar-refractivity contribution in [1.29, 1.82) is 0 Å². The Morgan fingerprint density at radius 3 is 2.67 bits per heavy atom. The van der Waals surface area contributed by atoms with Gasteiger partial charge in [-0.3, -0.25) is 4.79 Å². The van der Waals surface area contributed by atoms with Gasteiger partial charge in [-0.1, -0.05) is 6.92 Å². The normalized spacial score (nSPS) is 23.8. The minimum absolute atomic E-state index is 0.00984. The van der Waals surface area contributed by atoms with Crippen LogP contribution in [-0.4, -0.2) is 41.1 Å². The molecule has 104 valence electrons. The van der Waals surface area contributed by atoms with Crippen molar-refractivity contribution in [3.8, 4) is 0 Å². The molecule has 18 heavy (non-hydrogen) atoms. The molecule has 0 bridgehead atoms. The van der Waals surface area contributed by atoms with E-state index in [4.69, 9.17) is 5.11 Å². The highest BCUT2D eigenvalue weighted by atomic mass is 16.4. The van der Waals surface area contributed by atoms with Crippen molar-refractivity contribution in [3.05, 3.63) is 0 Å². The number of aliphatic carboxylic acids is 1. The predicted octanol–water partition coefficient (Wildman–Crippen LogP) is 2.07. The maximum atomic E-state index is 11.9. The first-order chi connectivity index (χ1) is 8.50. The van der Waals surface area contributed by atoms with E-state index in [-0.39, 0.29) is 12.5 Å². The summed E-state index contributed by atoms with van der Waals surface area (Å²) < 4.78 is 0. The second kappa shape index (κ2) is 7.24. The average molecular weight is 256 g/mol. The predicted molar refractivity (Wildman–Crippen MR) is 69.5 cm³/mol. The molecule has 0 spiro atoms. The molecule has 1 aliphatic heterocycles. The van der Waals surface area contributed by atoms with Crippen LogP contribution in [0.15, 0.2) is 0 Å².